The van der Waals surface area contributed by atoms with Gasteiger partial charge in [-0.1, -0.05) is 35.5 Å². The zero-order chi connectivity index (χ0) is 22.1. The molecule has 1 heterocycles. The van der Waals surface area contributed by atoms with E-state index in [-0.39, 0.29) is 29.1 Å². The van der Waals surface area contributed by atoms with Gasteiger partial charge in [0, 0.05) is 19.2 Å². The molecule has 0 bridgehead atoms. The van der Waals surface area contributed by atoms with E-state index in [9.17, 15) is 22.8 Å². The first-order chi connectivity index (χ1) is 14.0. The van der Waals surface area contributed by atoms with Crippen molar-refractivity contribution in [2.75, 3.05) is 12.4 Å². The van der Waals surface area contributed by atoms with Crippen LogP contribution < -0.4 is 5.32 Å². The van der Waals surface area contributed by atoms with Gasteiger partial charge < -0.3 is 5.32 Å². The number of anilines is 1. The van der Waals surface area contributed by atoms with Gasteiger partial charge in [-0.05, 0) is 42.8 Å². The average Bonchev–Trinajstić information content (AvgIpc) is 2.90. The van der Waals surface area contributed by atoms with Gasteiger partial charge in [0.1, 0.15) is 5.25 Å². The third-order valence-corrected chi connectivity index (χ3v) is 5.85. The number of amides is 2. The van der Waals surface area contributed by atoms with Crippen LogP contribution in [0.5, 0.6) is 0 Å². The molecular formula is C20H17ClF3N3O2S. The van der Waals surface area contributed by atoms with Crippen molar-refractivity contribution >= 4 is 51.7 Å². The number of aliphatic imine (C=N–C) groups is 1. The molecular weight excluding hydrogens is 439 g/mol. The molecule has 158 valence electrons. The summed E-state index contributed by atoms with van der Waals surface area (Å²) < 4.78 is 39.1. The molecule has 0 saturated carbocycles. The predicted octanol–water partition coefficient (Wildman–Crippen LogP) is 5.26. The van der Waals surface area contributed by atoms with E-state index in [0.717, 1.165) is 29.5 Å². The van der Waals surface area contributed by atoms with Crippen LogP contribution in [0, 0.1) is 6.92 Å². The minimum Gasteiger partial charge on any atom is -0.326 e. The van der Waals surface area contributed by atoms with Crippen molar-refractivity contribution in [1.82, 2.24) is 4.90 Å². The number of amidine groups is 1. The first-order valence-electron chi connectivity index (χ1n) is 8.81. The third-order valence-electron chi connectivity index (χ3n) is 4.29. The molecule has 2 amide bonds. The summed E-state index contributed by atoms with van der Waals surface area (Å²) in [7, 11) is 1.47. The predicted molar refractivity (Wildman–Crippen MR) is 112 cm³/mol. The standard InChI is InChI=1S/C20H17ClF3N3O2S/c1-11-4-3-5-12(8-11)25-17(28)10-16-18(29)27(2)19(30-16)26-13-6-7-15(21)14(9-13)20(22,23)24/h3-9,16H,10H2,1-2H3,(H,25,28)/t16-/m0/s1. The van der Waals surface area contributed by atoms with Gasteiger partial charge in [0.2, 0.25) is 11.8 Å². The Kier molecular flexibility index (Phi) is 6.42. The number of rotatable bonds is 4. The lowest BCUT2D eigenvalue weighted by Gasteiger charge is -2.11. The molecule has 1 atom stereocenters. The maximum atomic E-state index is 13.0. The van der Waals surface area contributed by atoms with Crippen molar-refractivity contribution in [3.63, 3.8) is 0 Å². The van der Waals surface area contributed by atoms with E-state index in [2.05, 4.69) is 10.3 Å². The summed E-state index contributed by atoms with van der Waals surface area (Å²) in [5.41, 5.74) is 0.615. The summed E-state index contributed by atoms with van der Waals surface area (Å²) >= 11 is 6.66. The molecule has 3 rings (SSSR count). The van der Waals surface area contributed by atoms with Crippen molar-refractivity contribution in [3.05, 3.63) is 58.6 Å². The highest BCUT2D eigenvalue weighted by molar-refractivity contribution is 8.15. The number of nitrogens with zero attached hydrogens (tertiary/aromatic N) is 2. The Bertz CT molecular complexity index is 1030. The van der Waals surface area contributed by atoms with Crippen LogP contribution in [0.1, 0.15) is 17.5 Å². The Morgan fingerprint density at radius 3 is 2.67 bits per heavy atom. The highest BCUT2D eigenvalue weighted by atomic mass is 35.5. The highest BCUT2D eigenvalue weighted by Crippen LogP contribution is 2.38. The van der Waals surface area contributed by atoms with Gasteiger partial charge in [-0.3, -0.25) is 14.5 Å². The van der Waals surface area contributed by atoms with Crippen LogP contribution in [0.15, 0.2) is 47.5 Å². The van der Waals surface area contributed by atoms with Crippen LogP contribution in [0.3, 0.4) is 0 Å². The van der Waals surface area contributed by atoms with Crippen LogP contribution in [0.2, 0.25) is 5.02 Å². The van der Waals surface area contributed by atoms with E-state index in [1.54, 1.807) is 18.2 Å². The number of halogens is 4. The number of hydrogen-bond acceptors (Lipinski definition) is 4. The van der Waals surface area contributed by atoms with Gasteiger partial charge in [0.05, 0.1) is 16.3 Å². The molecule has 2 aromatic carbocycles. The second-order valence-corrected chi connectivity index (χ2v) is 8.26. The summed E-state index contributed by atoms with van der Waals surface area (Å²) in [5.74, 6) is -0.685. The second kappa shape index (κ2) is 8.69. The summed E-state index contributed by atoms with van der Waals surface area (Å²) in [4.78, 5) is 30.2. The maximum Gasteiger partial charge on any atom is 0.417 e. The molecule has 5 nitrogen and oxygen atoms in total. The van der Waals surface area contributed by atoms with E-state index < -0.39 is 22.0 Å². The summed E-state index contributed by atoms with van der Waals surface area (Å²) in [5, 5.41) is 1.80. The van der Waals surface area contributed by atoms with E-state index in [1.807, 2.05) is 13.0 Å². The van der Waals surface area contributed by atoms with Crippen molar-refractivity contribution in [3.8, 4) is 0 Å². The first kappa shape index (κ1) is 22.2. The number of thioether (sulfide) groups is 1. The van der Waals surface area contributed by atoms with Crippen molar-refractivity contribution in [2.45, 2.75) is 24.8 Å². The Morgan fingerprint density at radius 2 is 2.00 bits per heavy atom. The number of benzene rings is 2. The number of hydrogen-bond donors (Lipinski definition) is 1. The van der Waals surface area contributed by atoms with Crippen LogP contribution in [-0.2, 0) is 15.8 Å². The molecule has 30 heavy (non-hydrogen) atoms. The fourth-order valence-electron chi connectivity index (χ4n) is 2.81. The first-order valence-corrected chi connectivity index (χ1v) is 10.1. The summed E-state index contributed by atoms with van der Waals surface area (Å²) in [6.07, 6.45) is -4.70. The van der Waals surface area contributed by atoms with Gasteiger partial charge >= 0.3 is 6.18 Å². The van der Waals surface area contributed by atoms with Gasteiger partial charge in [-0.15, -0.1) is 0 Å². The van der Waals surface area contributed by atoms with E-state index in [0.29, 0.717) is 5.69 Å². The quantitative estimate of drug-likeness (QED) is 0.684. The zero-order valence-electron chi connectivity index (χ0n) is 16.0. The lowest BCUT2D eigenvalue weighted by molar-refractivity contribution is -0.137. The smallest absolute Gasteiger partial charge is 0.326 e. The van der Waals surface area contributed by atoms with E-state index >= 15 is 0 Å². The highest BCUT2D eigenvalue weighted by Gasteiger charge is 2.37. The molecule has 0 spiro atoms. The second-order valence-electron chi connectivity index (χ2n) is 6.68. The molecule has 1 aliphatic heterocycles. The SMILES string of the molecule is Cc1cccc(NC(=O)C[C@@H]2SC(=Nc3ccc(Cl)c(C(F)(F)F)c3)N(C)C2=O)c1. The minimum atomic E-state index is -4.62. The van der Waals surface area contributed by atoms with Crippen LogP contribution in [-0.4, -0.2) is 34.2 Å². The molecule has 10 heteroatoms. The molecule has 0 aliphatic carbocycles. The lowest BCUT2D eigenvalue weighted by Crippen LogP contribution is -2.30. The van der Waals surface area contributed by atoms with Crippen molar-refractivity contribution in [1.29, 1.82) is 0 Å². The molecule has 1 N–H and O–H groups in total. The number of nitrogens with one attached hydrogen (secondary N) is 1. The largest absolute Gasteiger partial charge is 0.417 e. The monoisotopic (exact) mass is 455 g/mol. The number of carbonyl (C=O) groups excluding carboxylic acids is 2. The fourth-order valence-corrected chi connectivity index (χ4v) is 4.19. The molecule has 1 aliphatic rings. The molecule has 1 saturated heterocycles. The lowest BCUT2D eigenvalue weighted by atomic mass is 10.2. The molecule has 1 fully saturated rings. The van der Waals surface area contributed by atoms with Crippen molar-refractivity contribution in [2.24, 2.45) is 4.99 Å². The van der Waals surface area contributed by atoms with Crippen LogP contribution in [0.25, 0.3) is 0 Å². The molecule has 0 radical (unpaired) electrons. The normalized spacial score (nSPS) is 18.2. The number of aryl methyl sites for hydroxylation is 1. The molecule has 2 aromatic rings. The Balaban J connectivity index is 1.73. The van der Waals surface area contributed by atoms with Gasteiger partial charge in [0.25, 0.3) is 0 Å². The van der Waals surface area contributed by atoms with E-state index in [1.165, 1.54) is 18.0 Å². The van der Waals surface area contributed by atoms with Gasteiger partial charge in [-0.2, -0.15) is 13.2 Å². The van der Waals surface area contributed by atoms with Gasteiger partial charge in [-0.25, -0.2) is 4.99 Å². The fraction of sp³-hybridized carbons (Fsp3) is 0.250. The molecule has 0 unspecified atom stereocenters. The van der Waals surface area contributed by atoms with Crippen molar-refractivity contribution < 1.29 is 22.8 Å². The van der Waals surface area contributed by atoms with Gasteiger partial charge in [0.15, 0.2) is 5.17 Å². The van der Waals surface area contributed by atoms with Crippen LogP contribution in [0.4, 0.5) is 24.5 Å². The Morgan fingerprint density at radius 1 is 1.27 bits per heavy atom. The number of carbonyl (C=O) groups is 2. The topological polar surface area (TPSA) is 61.8 Å². The third kappa shape index (κ3) is 5.14. The zero-order valence-corrected chi connectivity index (χ0v) is 17.5. The Hall–Kier alpha value is -2.52. The summed E-state index contributed by atoms with van der Waals surface area (Å²) in [6.45, 7) is 1.89. The number of alkyl halides is 3. The summed E-state index contributed by atoms with van der Waals surface area (Å²) in [6, 6.07) is 10.5. The average molecular weight is 456 g/mol. The maximum absolute atomic E-state index is 13.0. The Labute approximate surface area is 180 Å². The minimum absolute atomic E-state index is 0.0127. The van der Waals surface area contributed by atoms with Crippen LogP contribution >= 0.6 is 23.4 Å². The van der Waals surface area contributed by atoms with E-state index in [4.69, 9.17) is 11.6 Å². The molecule has 0 aromatic heterocycles.